The van der Waals surface area contributed by atoms with Gasteiger partial charge in [0.15, 0.2) is 5.78 Å². The molecular weight excluding hydrogens is 348 g/mol. The number of allylic oxidation sites excluding steroid dienone is 1. The molecule has 4 heteroatoms. The average Bonchev–Trinajstić information content (AvgIpc) is 2.90. The number of hydrogen-bond donors (Lipinski definition) is 2. The third kappa shape index (κ3) is 2.69. The summed E-state index contributed by atoms with van der Waals surface area (Å²) in [4.78, 5) is 24.7. The van der Waals surface area contributed by atoms with Crippen molar-refractivity contribution in [1.29, 1.82) is 0 Å². The highest BCUT2D eigenvalue weighted by Gasteiger charge is 2.60. The molecule has 0 aromatic rings. The monoisotopic (exact) mass is 378 g/mol. The van der Waals surface area contributed by atoms with E-state index in [1.165, 1.54) is 5.57 Å². The number of carbonyl (C=O) groups excluding carboxylic acids is 2. The molecule has 3 saturated carbocycles. The quantitative estimate of drug-likeness (QED) is 0.699. The van der Waals surface area contributed by atoms with Gasteiger partial charge in [0.2, 0.25) is 0 Å². The van der Waals surface area contributed by atoms with E-state index in [1.54, 1.807) is 0 Å². The topological polar surface area (TPSA) is 34.1 Å². The molecule has 0 saturated heterocycles. The van der Waals surface area contributed by atoms with E-state index in [-0.39, 0.29) is 16.1 Å². The Morgan fingerprint density at radius 1 is 1.12 bits per heavy atom. The van der Waals surface area contributed by atoms with Gasteiger partial charge in [-0.2, -0.15) is 25.3 Å². The molecule has 4 aliphatic carbocycles. The number of fused-ring (bicyclic) bond motifs is 5. The van der Waals surface area contributed by atoms with Gasteiger partial charge in [0.25, 0.3) is 0 Å². The second-order valence-electron chi connectivity index (χ2n) is 9.17. The Kier molecular flexibility index (Phi) is 4.68. The van der Waals surface area contributed by atoms with Gasteiger partial charge >= 0.3 is 0 Å². The van der Waals surface area contributed by atoms with Crippen molar-refractivity contribution in [2.45, 2.75) is 70.0 Å². The van der Waals surface area contributed by atoms with Crippen LogP contribution >= 0.6 is 25.3 Å². The fourth-order valence-corrected chi connectivity index (χ4v) is 7.46. The minimum absolute atomic E-state index is 0.0715. The van der Waals surface area contributed by atoms with Crippen LogP contribution in [-0.4, -0.2) is 22.6 Å². The van der Waals surface area contributed by atoms with Gasteiger partial charge in [0.05, 0.1) is 0 Å². The maximum atomic E-state index is 12.6. The first-order valence-electron chi connectivity index (χ1n) is 9.97. The van der Waals surface area contributed by atoms with E-state index in [0.29, 0.717) is 35.7 Å². The van der Waals surface area contributed by atoms with E-state index in [2.05, 4.69) is 19.6 Å². The lowest BCUT2D eigenvalue weighted by atomic mass is 9.46. The molecule has 4 aliphatic rings. The summed E-state index contributed by atoms with van der Waals surface area (Å²) in [5, 5.41) is 0.275. The van der Waals surface area contributed by atoms with E-state index >= 15 is 0 Å². The Morgan fingerprint density at radius 2 is 1.92 bits per heavy atom. The zero-order chi connectivity index (χ0) is 17.8. The third-order valence-corrected chi connectivity index (χ3v) is 9.30. The number of carbonyl (C=O) groups is 2. The van der Waals surface area contributed by atoms with Gasteiger partial charge in [-0.15, -0.1) is 0 Å². The summed E-state index contributed by atoms with van der Waals surface area (Å²) in [7, 11) is 0. The van der Waals surface area contributed by atoms with Crippen molar-refractivity contribution in [3.8, 4) is 0 Å². The minimum Gasteiger partial charge on any atom is -0.299 e. The van der Waals surface area contributed by atoms with Crippen LogP contribution in [0.5, 0.6) is 0 Å². The van der Waals surface area contributed by atoms with Crippen molar-refractivity contribution in [3.05, 3.63) is 11.6 Å². The third-order valence-electron chi connectivity index (χ3n) is 8.21. The molecule has 3 fully saturated rings. The SMILES string of the molecule is C[C@]12CC[C@@H]3[C@@H](CCC4=CC(=O)CC[C@@]43CC(S)CS)[C@@H]1CCC2=O. The summed E-state index contributed by atoms with van der Waals surface area (Å²) >= 11 is 9.28. The number of hydrogen-bond acceptors (Lipinski definition) is 4. The molecule has 25 heavy (non-hydrogen) atoms. The van der Waals surface area contributed by atoms with E-state index in [0.717, 1.165) is 57.1 Å². The molecule has 0 heterocycles. The molecule has 6 atom stereocenters. The molecule has 1 unspecified atom stereocenters. The highest BCUT2D eigenvalue weighted by Crippen LogP contribution is 2.65. The summed E-state index contributed by atoms with van der Waals surface area (Å²) in [6.07, 6.45) is 10.9. The average molecular weight is 379 g/mol. The first-order chi connectivity index (χ1) is 11.9. The molecule has 2 nitrogen and oxygen atoms in total. The first kappa shape index (κ1) is 18.2. The maximum Gasteiger partial charge on any atom is 0.155 e. The Bertz CT molecular complexity index is 627. The van der Waals surface area contributed by atoms with Crippen LogP contribution < -0.4 is 0 Å². The molecule has 0 bridgehead atoms. The molecule has 0 N–H and O–H groups in total. The van der Waals surface area contributed by atoms with Crippen molar-refractivity contribution in [1.82, 2.24) is 0 Å². The van der Waals surface area contributed by atoms with Crippen LogP contribution in [0.4, 0.5) is 0 Å². The predicted octanol–water partition coefficient (Wildman–Crippen LogP) is 4.69. The fraction of sp³-hybridized carbons (Fsp3) is 0.810. The maximum absolute atomic E-state index is 12.6. The molecule has 138 valence electrons. The van der Waals surface area contributed by atoms with Crippen molar-refractivity contribution in [2.75, 3.05) is 5.75 Å². The second kappa shape index (κ2) is 6.44. The fourth-order valence-electron chi connectivity index (χ4n) is 7.00. The van der Waals surface area contributed by atoms with Gasteiger partial charge in [-0.3, -0.25) is 9.59 Å². The zero-order valence-corrected chi connectivity index (χ0v) is 17.0. The normalized spacial score (nSPS) is 44.6. The molecule has 4 rings (SSSR count). The van der Waals surface area contributed by atoms with Gasteiger partial charge in [0.1, 0.15) is 5.78 Å². The number of thiol groups is 2. The number of rotatable bonds is 3. The summed E-state index contributed by atoms with van der Waals surface area (Å²) in [6, 6.07) is 0. The van der Waals surface area contributed by atoms with Gasteiger partial charge in [-0.05, 0) is 74.2 Å². The molecule has 0 aliphatic heterocycles. The predicted molar refractivity (Wildman–Crippen MR) is 107 cm³/mol. The Morgan fingerprint density at radius 3 is 2.68 bits per heavy atom. The van der Waals surface area contributed by atoms with Crippen LogP contribution in [0.25, 0.3) is 0 Å². The molecular formula is C21H30O2S2. The minimum atomic E-state index is -0.0715. The van der Waals surface area contributed by atoms with Gasteiger partial charge in [0, 0.05) is 29.3 Å². The smallest absolute Gasteiger partial charge is 0.155 e. The van der Waals surface area contributed by atoms with Crippen molar-refractivity contribution >= 4 is 36.8 Å². The van der Waals surface area contributed by atoms with Gasteiger partial charge in [-0.25, -0.2) is 0 Å². The van der Waals surface area contributed by atoms with Crippen LogP contribution in [0, 0.1) is 28.6 Å². The van der Waals surface area contributed by atoms with E-state index in [4.69, 9.17) is 12.6 Å². The molecule has 0 radical (unpaired) electrons. The molecule has 0 aromatic heterocycles. The summed E-state index contributed by atoms with van der Waals surface area (Å²) in [5.74, 6) is 3.43. The standard InChI is InChI=1S/C21H30O2S2/c1-20-8-7-18-16(17(20)4-5-19(20)23)3-2-13-10-14(22)6-9-21(13,18)11-15(25)12-24/h10,15-18,24-25H,2-9,11-12H2,1H3/t15?,16-,17-,18+,20-,21+/m0/s1. The molecule has 0 aromatic carbocycles. The van der Waals surface area contributed by atoms with Crippen LogP contribution in [0.3, 0.4) is 0 Å². The number of Topliss-reactive ketones (excluding diaryl/α,β-unsaturated/α-hetero) is 1. The lowest BCUT2D eigenvalue weighted by molar-refractivity contribution is -0.133. The van der Waals surface area contributed by atoms with Crippen LogP contribution in [0.15, 0.2) is 11.6 Å². The Labute approximate surface area is 162 Å². The van der Waals surface area contributed by atoms with Crippen LogP contribution in [-0.2, 0) is 9.59 Å². The first-order valence-corrected chi connectivity index (χ1v) is 11.1. The second-order valence-corrected chi connectivity index (χ2v) is 10.3. The molecule has 0 amide bonds. The highest BCUT2D eigenvalue weighted by molar-refractivity contribution is 7.84. The zero-order valence-electron chi connectivity index (χ0n) is 15.2. The Balaban J connectivity index is 1.72. The van der Waals surface area contributed by atoms with E-state index in [9.17, 15) is 9.59 Å². The Hall–Kier alpha value is -0.220. The summed E-state index contributed by atoms with van der Waals surface area (Å²) in [5.41, 5.74) is 1.47. The summed E-state index contributed by atoms with van der Waals surface area (Å²) < 4.78 is 0. The van der Waals surface area contributed by atoms with Crippen molar-refractivity contribution < 1.29 is 9.59 Å². The van der Waals surface area contributed by atoms with Gasteiger partial charge in [-0.1, -0.05) is 12.5 Å². The van der Waals surface area contributed by atoms with Crippen molar-refractivity contribution in [3.63, 3.8) is 0 Å². The number of ketones is 2. The lowest BCUT2D eigenvalue weighted by Crippen LogP contribution is -2.52. The largest absolute Gasteiger partial charge is 0.299 e. The summed E-state index contributed by atoms with van der Waals surface area (Å²) in [6.45, 7) is 2.24. The highest BCUT2D eigenvalue weighted by atomic mass is 32.1. The lowest BCUT2D eigenvalue weighted by Gasteiger charge is -2.58. The van der Waals surface area contributed by atoms with Crippen LogP contribution in [0.1, 0.15) is 64.7 Å². The molecule has 0 spiro atoms. The van der Waals surface area contributed by atoms with Crippen molar-refractivity contribution in [2.24, 2.45) is 28.6 Å². The van der Waals surface area contributed by atoms with Crippen LogP contribution in [0.2, 0.25) is 0 Å². The van der Waals surface area contributed by atoms with E-state index in [1.807, 2.05) is 6.08 Å². The van der Waals surface area contributed by atoms with E-state index < -0.39 is 0 Å². The van der Waals surface area contributed by atoms with Gasteiger partial charge < -0.3 is 0 Å².